The van der Waals surface area contributed by atoms with Crippen molar-refractivity contribution in [2.24, 2.45) is 0 Å². The van der Waals surface area contributed by atoms with Crippen molar-refractivity contribution in [3.8, 4) is 11.5 Å². The molecule has 9 heteroatoms. The van der Waals surface area contributed by atoms with Crippen molar-refractivity contribution in [3.63, 3.8) is 0 Å². The summed E-state index contributed by atoms with van der Waals surface area (Å²) in [7, 11) is 0. The molecule has 1 aliphatic heterocycles. The number of β-amino-alcohol motifs (C(OH)–C–C–N with tert-alkyl or cyclic N) is 1. The van der Waals surface area contributed by atoms with Gasteiger partial charge in [0, 0.05) is 24.7 Å². The van der Waals surface area contributed by atoms with Crippen LogP contribution in [0.4, 0.5) is 13.2 Å². The molecule has 0 radical (unpaired) electrons. The van der Waals surface area contributed by atoms with E-state index < -0.39 is 18.3 Å². The summed E-state index contributed by atoms with van der Waals surface area (Å²) >= 11 is 0. The maximum absolute atomic E-state index is 14.0. The van der Waals surface area contributed by atoms with Crippen molar-refractivity contribution in [1.82, 2.24) is 24.5 Å². The fourth-order valence-electron chi connectivity index (χ4n) is 4.47. The van der Waals surface area contributed by atoms with Crippen molar-refractivity contribution in [2.45, 2.75) is 38.1 Å². The van der Waals surface area contributed by atoms with Gasteiger partial charge in [0.15, 0.2) is 11.5 Å². The highest BCUT2D eigenvalue weighted by Gasteiger charge is 2.46. The van der Waals surface area contributed by atoms with Gasteiger partial charge in [0.05, 0.1) is 11.6 Å². The number of halogens is 3. The normalized spacial score (nSPS) is 18.6. The van der Waals surface area contributed by atoms with Gasteiger partial charge in [-0.25, -0.2) is 4.98 Å². The molecule has 1 aliphatic rings. The number of benzene rings is 1. The largest absolute Gasteiger partial charge is 0.408 e. The van der Waals surface area contributed by atoms with Crippen LogP contribution in [0.15, 0.2) is 48.7 Å². The summed E-state index contributed by atoms with van der Waals surface area (Å²) in [4.78, 5) is 6.04. The molecule has 3 aromatic heterocycles. The van der Waals surface area contributed by atoms with Crippen LogP contribution in [0.5, 0.6) is 0 Å². The fraction of sp³-hybridized carbons (Fsp3) is 0.348. The van der Waals surface area contributed by atoms with Crippen LogP contribution < -0.4 is 0 Å². The standard InChI is InChI=1S/C23H22F3N5O/c1-2-14-4-3-5-15-6-8-18(27-20(14)15)22-29-28-19-9-7-16(12-31(19)22)21(23(24,25)26)30-11-10-17(32)13-30/h3-9,12,17,21,32H,2,10-11,13H2,1H3/t17-,21?/m0/s1. The molecule has 2 atom stereocenters. The van der Waals surface area contributed by atoms with Gasteiger partial charge in [0.25, 0.3) is 0 Å². The van der Waals surface area contributed by atoms with Crippen LogP contribution in [0.2, 0.25) is 0 Å². The number of alkyl halides is 3. The zero-order valence-electron chi connectivity index (χ0n) is 17.4. The number of pyridine rings is 2. The molecule has 4 aromatic rings. The minimum atomic E-state index is -4.48. The minimum absolute atomic E-state index is 0.0106. The molecule has 0 aliphatic carbocycles. The van der Waals surface area contributed by atoms with E-state index in [-0.39, 0.29) is 18.7 Å². The fourth-order valence-corrected chi connectivity index (χ4v) is 4.47. The first-order valence-electron chi connectivity index (χ1n) is 10.6. The van der Waals surface area contributed by atoms with Crippen molar-refractivity contribution < 1.29 is 18.3 Å². The van der Waals surface area contributed by atoms with Gasteiger partial charge in [-0.2, -0.15) is 13.2 Å². The highest BCUT2D eigenvalue weighted by molar-refractivity contribution is 5.84. The summed E-state index contributed by atoms with van der Waals surface area (Å²) in [6.45, 7) is 2.22. The molecule has 32 heavy (non-hydrogen) atoms. The topological polar surface area (TPSA) is 66.5 Å². The Bertz CT molecular complexity index is 1290. The summed E-state index contributed by atoms with van der Waals surface area (Å²) in [5.41, 5.74) is 3.00. The van der Waals surface area contributed by atoms with Gasteiger partial charge in [-0.15, -0.1) is 10.2 Å². The average Bonchev–Trinajstić information content (AvgIpc) is 3.38. The highest BCUT2D eigenvalue weighted by Crippen LogP contribution is 2.39. The Balaban J connectivity index is 1.62. The Morgan fingerprint density at radius 2 is 1.97 bits per heavy atom. The van der Waals surface area contributed by atoms with Gasteiger partial charge in [-0.1, -0.05) is 37.3 Å². The molecular weight excluding hydrogens is 419 g/mol. The number of hydrogen-bond acceptors (Lipinski definition) is 5. The van der Waals surface area contributed by atoms with E-state index in [4.69, 9.17) is 4.98 Å². The Morgan fingerprint density at radius 3 is 2.69 bits per heavy atom. The summed E-state index contributed by atoms with van der Waals surface area (Å²) in [6.07, 6.45) is -2.65. The van der Waals surface area contributed by atoms with Crippen LogP contribution in [0.1, 0.15) is 30.5 Å². The smallest absolute Gasteiger partial charge is 0.392 e. The van der Waals surface area contributed by atoms with E-state index in [0.29, 0.717) is 23.6 Å². The molecule has 1 N–H and O–H groups in total. The summed E-state index contributed by atoms with van der Waals surface area (Å²) in [5.74, 6) is 0.386. The van der Waals surface area contributed by atoms with Gasteiger partial charge in [-0.3, -0.25) is 9.30 Å². The maximum atomic E-state index is 14.0. The molecule has 6 nitrogen and oxygen atoms in total. The number of hydrogen-bond donors (Lipinski definition) is 1. The van der Waals surface area contributed by atoms with Crippen LogP contribution in [-0.4, -0.2) is 55.0 Å². The number of rotatable bonds is 4. The average molecular weight is 441 g/mol. The SMILES string of the molecule is CCc1cccc2ccc(-c3nnc4ccc(C(N5CC[C@H](O)C5)C(F)(F)F)cn34)nc12. The molecule has 0 spiro atoms. The van der Waals surface area contributed by atoms with Crippen molar-refractivity contribution >= 4 is 16.6 Å². The molecule has 1 aromatic carbocycles. The summed E-state index contributed by atoms with van der Waals surface area (Å²) < 4.78 is 43.6. The number of fused-ring (bicyclic) bond motifs is 2. The van der Waals surface area contributed by atoms with Crippen molar-refractivity contribution in [3.05, 3.63) is 59.8 Å². The summed E-state index contributed by atoms with van der Waals surface area (Å²) in [5, 5.41) is 19.1. The zero-order chi connectivity index (χ0) is 22.5. The van der Waals surface area contributed by atoms with Gasteiger partial charge in [0.2, 0.25) is 0 Å². The first-order chi connectivity index (χ1) is 15.3. The van der Waals surface area contributed by atoms with E-state index in [1.807, 2.05) is 30.3 Å². The van der Waals surface area contributed by atoms with Crippen LogP contribution in [0, 0.1) is 0 Å². The molecule has 1 saturated heterocycles. The third-order valence-electron chi connectivity index (χ3n) is 6.02. The number of para-hydroxylation sites is 1. The van der Waals surface area contributed by atoms with Gasteiger partial charge < -0.3 is 5.11 Å². The first kappa shape index (κ1) is 20.8. The molecule has 166 valence electrons. The van der Waals surface area contributed by atoms with Crippen LogP contribution in [0.25, 0.3) is 28.1 Å². The monoisotopic (exact) mass is 441 g/mol. The third kappa shape index (κ3) is 3.61. The molecule has 0 amide bonds. The number of likely N-dealkylation sites (tertiary alicyclic amines) is 1. The summed E-state index contributed by atoms with van der Waals surface area (Å²) in [6, 6.07) is 10.9. The van der Waals surface area contributed by atoms with Crippen LogP contribution in [-0.2, 0) is 6.42 Å². The van der Waals surface area contributed by atoms with Gasteiger partial charge in [0.1, 0.15) is 11.7 Å². The number of aryl methyl sites for hydroxylation is 1. The van der Waals surface area contributed by atoms with Crippen LogP contribution >= 0.6 is 0 Å². The van der Waals surface area contributed by atoms with Crippen molar-refractivity contribution in [2.75, 3.05) is 13.1 Å². The Morgan fingerprint density at radius 1 is 1.12 bits per heavy atom. The Labute approximate surface area is 182 Å². The van der Waals surface area contributed by atoms with Crippen molar-refractivity contribution in [1.29, 1.82) is 0 Å². The lowest BCUT2D eigenvalue weighted by Gasteiger charge is -2.29. The van der Waals surface area contributed by atoms with Gasteiger partial charge >= 0.3 is 6.18 Å². The highest BCUT2D eigenvalue weighted by atomic mass is 19.4. The Hall–Kier alpha value is -3.04. The van der Waals surface area contributed by atoms with E-state index in [9.17, 15) is 18.3 Å². The first-order valence-corrected chi connectivity index (χ1v) is 10.6. The number of aromatic nitrogens is 4. The van der Waals surface area contributed by atoms with E-state index in [1.54, 1.807) is 4.40 Å². The predicted molar refractivity (Wildman–Crippen MR) is 114 cm³/mol. The van der Waals surface area contributed by atoms with E-state index >= 15 is 0 Å². The number of aliphatic hydroxyl groups is 1. The molecule has 0 bridgehead atoms. The lowest BCUT2D eigenvalue weighted by Crippen LogP contribution is -2.37. The Kier molecular flexibility index (Phi) is 5.10. The molecule has 0 saturated carbocycles. The van der Waals surface area contributed by atoms with E-state index in [0.717, 1.165) is 22.9 Å². The molecule has 1 fully saturated rings. The zero-order valence-corrected chi connectivity index (χ0v) is 17.4. The molecule has 4 heterocycles. The van der Waals surface area contributed by atoms with E-state index in [2.05, 4.69) is 17.1 Å². The second-order valence-electron chi connectivity index (χ2n) is 8.13. The van der Waals surface area contributed by atoms with Gasteiger partial charge in [-0.05, 0) is 36.1 Å². The van der Waals surface area contributed by atoms with Crippen LogP contribution in [0.3, 0.4) is 0 Å². The lowest BCUT2D eigenvalue weighted by molar-refractivity contribution is -0.184. The predicted octanol–water partition coefficient (Wildman–Crippen LogP) is 4.18. The molecule has 1 unspecified atom stereocenters. The second kappa shape index (κ2) is 7.83. The number of nitrogens with zero attached hydrogens (tertiary/aromatic N) is 5. The lowest BCUT2D eigenvalue weighted by atomic mass is 10.1. The quantitative estimate of drug-likeness (QED) is 0.515. The second-order valence-corrected chi connectivity index (χ2v) is 8.13. The molecular formula is C23H22F3N5O. The maximum Gasteiger partial charge on any atom is 0.408 e. The third-order valence-corrected chi connectivity index (χ3v) is 6.02. The minimum Gasteiger partial charge on any atom is -0.392 e. The number of aliphatic hydroxyl groups excluding tert-OH is 1. The van der Waals surface area contributed by atoms with E-state index in [1.165, 1.54) is 23.2 Å². The molecule has 5 rings (SSSR count).